The van der Waals surface area contributed by atoms with E-state index in [1.807, 2.05) is 12.1 Å². The van der Waals surface area contributed by atoms with Crippen molar-refractivity contribution in [2.75, 3.05) is 12.4 Å². The highest BCUT2D eigenvalue weighted by atomic mass is 32.2. The average Bonchev–Trinajstić information content (AvgIpc) is 2.62. The maximum atomic E-state index is 12.5. The van der Waals surface area contributed by atoms with E-state index in [1.54, 1.807) is 18.2 Å². The first-order chi connectivity index (χ1) is 13.2. The molecule has 2 aromatic carbocycles. The third-order valence-corrected chi connectivity index (χ3v) is 5.37. The Balaban J connectivity index is 1.65. The molecular weight excluding hydrogens is 393 g/mol. The summed E-state index contributed by atoms with van der Waals surface area (Å²) in [6, 6.07) is 12.9. The molecule has 1 atom stereocenters. The lowest BCUT2D eigenvalue weighted by molar-refractivity contribution is -0.275. The summed E-state index contributed by atoms with van der Waals surface area (Å²) in [4.78, 5) is 26.9. The van der Waals surface area contributed by atoms with Crippen LogP contribution in [0.25, 0.3) is 0 Å². The van der Waals surface area contributed by atoms with Gasteiger partial charge in [0.05, 0.1) is 10.9 Å². The number of ether oxygens (including phenoxy) is 1. The summed E-state index contributed by atoms with van der Waals surface area (Å²) in [5, 5.41) is 2.16. The van der Waals surface area contributed by atoms with Gasteiger partial charge in [0.15, 0.2) is 0 Å². The Hall–Kier alpha value is -2.68. The highest BCUT2D eigenvalue weighted by Gasteiger charge is 2.33. The molecule has 0 radical (unpaired) electrons. The number of para-hydroxylation sites is 2. The molecule has 1 heterocycles. The zero-order valence-corrected chi connectivity index (χ0v) is 15.6. The van der Waals surface area contributed by atoms with Crippen molar-refractivity contribution in [2.45, 2.75) is 29.5 Å². The van der Waals surface area contributed by atoms with Crippen LogP contribution in [0.1, 0.15) is 12.0 Å². The zero-order chi connectivity index (χ0) is 20.3. The van der Waals surface area contributed by atoms with Gasteiger partial charge in [-0.25, -0.2) is 0 Å². The van der Waals surface area contributed by atoms with E-state index >= 15 is 0 Å². The van der Waals surface area contributed by atoms with E-state index in [0.29, 0.717) is 5.69 Å². The van der Waals surface area contributed by atoms with Crippen LogP contribution < -0.4 is 10.1 Å². The van der Waals surface area contributed by atoms with Crippen molar-refractivity contribution in [3.05, 3.63) is 54.1 Å². The van der Waals surface area contributed by atoms with Gasteiger partial charge in [-0.3, -0.25) is 9.59 Å². The second-order valence-corrected chi connectivity index (χ2v) is 7.45. The fraction of sp³-hybridized carbons (Fsp3) is 0.263. The normalized spacial score (nSPS) is 16.1. The number of hydrogen-bond acceptors (Lipinski definition) is 4. The van der Waals surface area contributed by atoms with Gasteiger partial charge in [0.2, 0.25) is 11.8 Å². The molecule has 2 aromatic rings. The van der Waals surface area contributed by atoms with E-state index in [4.69, 9.17) is 0 Å². The minimum atomic E-state index is -4.82. The van der Waals surface area contributed by atoms with Crippen molar-refractivity contribution >= 4 is 29.3 Å². The minimum absolute atomic E-state index is 0.0658. The monoisotopic (exact) mass is 410 g/mol. The third kappa shape index (κ3) is 4.98. The molecule has 3 rings (SSSR count). The van der Waals surface area contributed by atoms with Gasteiger partial charge < -0.3 is 15.0 Å². The SMILES string of the molecule is CN(Cc1ccccc1OC(F)(F)F)C(=O)CC1Sc2ccccc2NC1=O. The summed E-state index contributed by atoms with van der Waals surface area (Å²) in [6.45, 7) is -0.0688. The van der Waals surface area contributed by atoms with Crippen molar-refractivity contribution in [1.29, 1.82) is 0 Å². The second kappa shape index (κ2) is 8.14. The van der Waals surface area contributed by atoms with Crippen molar-refractivity contribution < 1.29 is 27.5 Å². The van der Waals surface area contributed by atoms with E-state index in [0.717, 1.165) is 4.90 Å². The van der Waals surface area contributed by atoms with Crippen molar-refractivity contribution in [1.82, 2.24) is 4.90 Å². The number of nitrogens with zero attached hydrogens (tertiary/aromatic N) is 1. The fourth-order valence-corrected chi connectivity index (χ4v) is 3.85. The summed E-state index contributed by atoms with van der Waals surface area (Å²) in [5.74, 6) is -0.978. The maximum Gasteiger partial charge on any atom is 0.573 e. The summed E-state index contributed by atoms with van der Waals surface area (Å²) in [7, 11) is 1.48. The molecule has 0 bridgehead atoms. The molecule has 0 spiro atoms. The number of alkyl halides is 3. The first-order valence-electron chi connectivity index (χ1n) is 8.37. The lowest BCUT2D eigenvalue weighted by Crippen LogP contribution is -2.35. The Kier molecular flexibility index (Phi) is 5.83. The number of benzene rings is 2. The van der Waals surface area contributed by atoms with Crippen molar-refractivity contribution in [3.63, 3.8) is 0 Å². The van der Waals surface area contributed by atoms with Crippen molar-refractivity contribution in [2.24, 2.45) is 0 Å². The summed E-state index contributed by atoms with van der Waals surface area (Å²) in [6.07, 6.45) is -4.88. The molecule has 28 heavy (non-hydrogen) atoms. The third-order valence-electron chi connectivity index (χ3n) is 4.10. The molecule has 0 saturated heterocycles. The van der Waals surface area contributed by atoms with Crippen LogP contribution in [0.4, 0.5) is 18.9 Å². The fourth-order valence-electron chi connectivity index (χ4n) is 2.74. The van der Waals surface area contributed by atoms with Gasteiger partial charge in [-0.2, -0.15) is 0 Å². The predicted octanol–water partition coefficient (Wildman–Crippen LogP) is 4.05. The molecule has 5 nitrogen and oxygen atoms in total. The highest BCUT2D eigenvalue weighted by molar-refractivity contribution is 8.01. The van der Waals surface area contributed by atoms with E-state index in [-0.39, 0.29) is 36.1 Å². The first-order valence-corrected chi connectivity index (χ1v) is 9.25. The molecule has 0 aliphatic carbocycles. The highest BCUT2D eigenvalue weighted by Crippen LogP contribution is 2.37. The van der Waals surface area contributed by atoms with E-state index < -0.39 is 11.6 Å². The van der Waals surface area contributed by atoms with Gasteiger partial charge in [0.1, 0.15) is 5.75 Å². The summed E-state index contributed by atoms with van der Waals surface area (Å²) < 4.78 is 41.6. The van der Waals surface area contributed by atoms with Crippen LogP contribution in [0.3, 0.4) is 0 Å². The Morgan fingerprint density at radius 2 is 1.86 bits per heavy atom. The molecule has 1 aliphatic rings. The van der Waals surface area contributed by atoms with E-state index in [1.165, 1.54) is 41.9 Å². The number of rotatable bonds is 5. The van der Waals surface area contributed by atoms with Crippen LogP contribution >= 0.6 is 11.8 Å². The second-order valence-electron chi connectivity index (χ2n) is 6.20. The van der Waals surface area contributed by atoms with E-state index in [2.05, 4.69) is 10.1 Å². The Bertz CT molecular complexity index is 889. The van der Waals surface area contributed by atoms with Gasteiger partial charge in [-0.1, -0.05) is 30.3 Å². The zero-order valence-electron chi connectivity index (χ0n) is 14.8. The lowest BCUT2D eigenvalue weighted by Gasteiger charge is -2.26. The quantitative estimate of drug-likeness (QED) is 0.808. The molecule has 2 amide bonds. The number of halogens is 3. The van der Waals surface area contributed by atoms with Crippen LogP contribution in [-0.4, -0.2) is 35.4 Å². The van der Waals surface area contributed by atoms with Crippen LogP contribution in [0.2, 0.25) is 0 Å². The standard InChI is InChI=1S/C19H17F3N2O3S/c1-24(11-12-6-2-4-8-14(12)27-19(20,21)22)17(25)10-16-18(26)23-13-7-3-5-9-15(13)28-16/h2-9,16H,10-11H2,1H3,(H,23,26). The van der Waals surface area contributed by atoms with E-state index in [9.17, 15) is 22.8 Å². The number of thioether (sulfide) groups is 1. The Morgan fingerprint density at radius 1 is 1.18 bits per heavy atom. The van der Waals surface area contributed by atoms with Crippen molar-refractivity contribution in [3.8, 4) is 5.75 Å². The lowest BCUT2D eigenvalue weighted by atomic mass is 10.1. The number of carbonyl (C=O) groups is 2. The van der Waals surface area contributed by atoms with Gasteiger partial charge >= 0.3 is 6.36 Å². The summed E-state index contributed by atoms with van der Waals surface area (Å²) >= 11 is 1.30. The Labute approximate surface area is 163 Å². The largest absolute Gasteiger partial charge is 0.573 e. The number of hydrogen-bond donors (Lipinski definition) is 1. The van der Waals surface area contributed by atoms with Gasteiger partial charge in [-0.15, -0.1) is 24.9 Å². The number of fused-ring (bicyclic) bond motifs is 1. The minimum Gasteiger partial charge on any atom is -0.405 e. The molecule has 1 N–H and O–H groups in total. The van der Waals surface area contributed by atoms with Crippen LogP contribution in [0, 0.1) is 0 Å². The topological polar surface area (TPSA) is 58.6 Å². The number of nitrogens with one attached hydrogen (secondary N) is 1. The molecule has 0 fully saturated rings. The van der Waals surface area contributed by atoms with Crippen LogP contribution in [0.5, 0.6) is 5.75 Å². The summed E-state index contributed by atoms with van der Waals surface area (Å²) in [5.41, 5.74) is 0.926. The van der Waals surface area contributed by atoms with Crippen LogP contribution in [-0.2, 0) is 16.1 Å². The molecule has 0 saturated carbocycles. The molecule has 1 aliphatic heterocycles. The predicted molar refractivity (Wildman–Crippen MR) is 98.9 cm³/mol. The molecule has 1 unspecified atom stereocenters. The first kappa shape index (κ1) is 20.1. The molecule has 0 aromatic heterocycles. The maximum absolute atomic E-state index is 12.5. The van der Waals surface area contributed by atoms with Gasteiger partial charge in [0.25, 0.3) is 0 Å². The van der Waals surface area contributed by atoms with Crippen LogP contribution in [0.15, 0.2) is 53.4 Å². The molecule has 148 valence electrons. The smallest absolute Gasteiger partial charge is 0.405 e. The average molecular weight is 410 g/mol. The van der Waals surface area contributed by atoms with Gasteiger partial charge in [-0.05, 0) is 18.2 Å². The molecule has 9 heteroatoms. The molecular formula is C19H17F3N2O3S. The number of amides is 2. The number of carbonyl (C=O) groups excluding carboxylic acids is 2. The Morgan fingerprint density at radius 3 is 2.61 bits per heavy atom. The van der Waals surface area contributed by atoms with Gasteiger partial charge in [0, 0.05) is 30.5 Å². The number of anilines is 1.